The van der Waals surface area contributed by atoms with Gasteiger partial charge in [0.05, 0.1) is 7.11 Å². The number of methoxy groups -OCH3 is 1. The molecule has 0 aliphatic carbocycles. The number of aryl methyl sites for hydroxylation is 1. The van der Waals surface area contributed by atoms with Crippen molar-refractivity contribution >= 4 is 0 Å². The van der Waals surface area contributed by atoms with Crippen molar-refractivity contribution in [3.8, 4) is 5.88 Å². The predicted octanol–water partition coefficient (Wildman–Crippen LogP) is 3.59. The van der Waals surface area contributed by atoms with E-state index in [2.05, 4.69) is 54.5 Å². The first-order valence-electron chi connectivity index (χ1n) is 7.37. The van der Waals surface area contributed by atoms with Gasteiger partial charge in [-0.05, 0) is 38.3 Å². The van der Waals surface area contributed by atoms with Gasteiger partial charge in [-0.25, -0.2) is 4.98 Å². The first kappa shape index (κ1) is 15.5. The zero-order chi connectivity index (χ0) is 15.1. The van der Waals surface area contributed by atoms with Crippen LogP contribution < -0.4 is 10.1 Å². The predicted molar refractivity (Wildman–Crippen MR) is 86.5 cm³/mol. The van der Waals surface area contributed by atoms with Gasteiger partial charge in [0, 0.05) is 23.8 Å². The monoisotopic (exact) mass is 284 g/mol. The highest BCUT2D eigenvalue weighted by molar-refractivity contribution is 5.25. The highest BCUT2D eigenvalue weighted by Crippen LogP contribution is 2.17. The Morgan fingerprint density at radius 1 is 1.10 bits per heavy atom. The molecule has 21 heavy (non-hydrogen) atoms. The Kier molecular flexibility index (Phi) is 5.34. The molecular formula is C18H24N2O. The molecule has 0 aliphatic heterocycles. The second-order valence-corrected chi connectivity index (χ2v) is 5.89. The minimum atomic E-state index is 0.0662. The van der Waals surface area contributed by atoms with Gasteiger partial charge in [0.15, 0.2) is 0 Å². The third-order valence-corrected chi connectivity index (χ3v) is 3.68. The summed E-state index contributed by atoms with van der Waals surface area (Å²) in [5, 5.41) is 3.60. The summed E-state index contributed by atoms with van der Waals surface area (Å²) in [6.45, 7) is 5.23. The molecule has 1 aromatic heterocycles. The number of nitrogens with one attached hydrogen (secondary N) is 1. The molecule has 0 spiro atoms. The van der Waals surface area contributed by atoms with Crippen molar-refractivity contribution in [2.75, 3.05) is 7.11 Å². The molecule has 2 aromatic rings. The molecule has 0 unspecified atom stereocenters. The van der Waals surface area contributed by atoms with E-state index in [0.29, 0.717) is 5.88 Å². The van der Waals surface area contributed by atoms with Gasteiger partial charge in [-0.3, -0.25) is 0 Å². The van der Waals surface area contributed by atoms with Crippen LogP contribution in [-0.4, -0.2) is 17.6 Å². The van der Waals surface area contributed by atoms with Crippen LogP contribution in [0.4, 0.5) is 0 Å². The molecule has 1 aromatic carbocycles. The zero-order valence-corrected chi connectivity index (χ0v) is 13.1. The molecule has 0 radical (unpaired) electrons. The number of hydrogen-bond acceptors (Lipinski definition) is 3. The summed E-state index contributed by atoms with van der Waals surface area (Å²) in [6, 6.07) is 14.6. The minimum Gasteiger partial charge on any atom is -0.481 e. The van der Waals surface area contributed by atoms with E-state index in [-0.39, 0.29) is 5.54 Å². The van der Waals surface area contributed by atoms with E-state index in [1.807, 2.05) is 12.1 Å². The fourth-order valence-corrected chi connectivity index (χ4v) is 2.27. The van der Waals surface area contributed by atoms with Crippen molar-refractivity contribution in [1.29, 1.82) is 0 Å². The zero-order valence-electron chi connectivity index (χ0n) is 13.1. The highest BCUT2D eigenvalue weighted by Gasteiger charge is 2.17. The van der Waals surface area contributed by atoms with Crippen molar-refractivity contribution < 1.29 is 4.74 Å². The molecule has 1 N–H and O–H groups in total. The van der Waals surface area contributed by atoms with Gasteiger partial charge in [-0.15, -0.1) is 0 Å². The average molecular weight is 284 g/mol. The standard InChI is InChI=1S/C18H24N2O/c1-18(2,12-11-15-8-5-4-6-9-15)20-14-16-10-7-13-19-17(16)21-3/h4-10,13,20H,11-12,14H2,1-3H3. The van der Waals surface area contributed by atoms with E-state index in [9.17, 15) is 0 Å². The molecule has 0 aliphatic rings. The van der Waals surface area contributed by atoms with Gasteiger partial charge in [0.1, 0.15) is 0 Å². The van der Waals surface area contributed by atoms with E-state index in [4.69, 9.17) is 4.74 Å². The van der Waals surface area contributed by atoms with Crippen LogP contribution in [0.25, 0.3) is 0 Å². The summed E-state index contributed by atoms with van der Waals surface area (Å²) in [7, 11) is 1.66. The number of rotatable bonds is 7. The van der Waals surface area contributed by atoms with Gasteiger partial charge in [0.25, 0.3) is 0 Å². The molecule has 0 fully saturated rings. The van der Waals surface area contributed by atoms with E-state index in [1.165, 1.54) is 5.56 Å². The maximum absolute atomic E-state index is 5.29. The summed E-state index contributed by atoms with van der Waals surface area (Å²) in [6.07, 6.45) is 3.91. The molecule has 0 bridgehead atoms. The third kappa shape index (κ3) is 4.87. The van der Waals surface area contributed by atoms with Crippen LogP contribution in [0, 0.1) is 0 Å². The molecule has 1 heterocycles. The highest BCUT2D eigenvalue weighted by atomic mass is 16.5. The number of benzene rings is 1. The van der Waals surface area contributed by atoms with Crippen LogP contribution in [0.3, 0.4) is 0 Å². The van der Waals surface area contributed by atoms with Gasteiger partial charge in [-0.2, -0.15) is 0 Å². The fourth-order valence-electron chi connectivity index (χ4n) is 2.27. The summed E-state index contributed by atoms with van der Waals surface area (Å²) in [5.74, 6) is 0.698. The van der Waals surface area contributed by atoms with Gasteiger partial charge >= 0.3 is 0 Å². The minimum absolute atomic E-state index is 0.0662. The summed E-state index contributed by atoms with van der Waals surface area (Å²) in [4.78, 5) is 4.23. The normalized spacial score (nSPS) is 11.4. The number of ether oxygens (including phenoxy) is 1. The van der Waals surface area contributed by atoms with E-state index in [0.717, 1.165) is 24.9 Å². The molecule has 0 saturated carbocycles. The Bertz CT molecular complexity index is 552. The van der Waals surface area contributed by atoms with Crippen LogP contribution in [-0.2, 0) is 13.0 Å². The topological polar surface area (TPSA) is 34.1 Å². The molecule has 2 rings (SSSR count). The number of nitrogens with zero attached hydrogens (tertiary/aromatic N) is 1. The fraction of sp³-hybridized carbons (Fsp3) is 0.389. The lowest BCUT2D eigenvalue weighted by molar-refractivity contribution is 0.349. The second-order valence-electron chi connectivity index (χ2n) is 5.89. The van der Waals surface area contributed by atoms with Crippen molar-refractivity contribution in [2.45, 2.75) is 38.8 Å². The molecule has 0 amide bonds. The Hall–Kier alpha value is -1.87. The lowest BCUT2D eigenvalue weighted by Crippen LogP contribution is -2.39. The molecule has 0 saturated heterocycles. The second kappa shape index (κ2) is 7.23. The molecule has 112 valence electrons. The Labute approximate surface area is 127 Å². The maximum atomic E-state index is 5.29. The molecule has 3 heteroatoms. The van der Waals surface area contributed by atoms with Crippen LogP contribution in [0.5, 0.6) is 5.88 Å². The van der Waals surface area contributed by atoms with E-state index in [1.54, 1.807) is 13.3 Å². The molecule has 0 atom stereocenters. The van der Waals surface area contributed by atoms with Crippen LogP contribution >= 0.6 is 0 Å². The van der Waals surface area contributed by atoms with E-state index >= 15 is 0 Å². The van der Waals surface area contributed by atoms with Gasteiger partial charge in [-0.1, -0.05) is 36.4 Å². The third-order valence-electron chi connectivity index (χ3n) is 3.68. The lowest BCUT2D eigenvalue weighted by Gasteiger charge is -2.27. The van der Waals surface area contributed by atoms with Crippen molar-refractivity contribution in [1.82, 2.24) is 10.3 Å². The molecule has 3 nitrogen and oxygen atoms in total. The lowest BCUT2D eigenvalue weighted by atomic mass is 9.95. The van der Waals surface area contributed by atoms with E-state index < -0.39 is 0 Å². The van der Waals surface area contributed by atoms with Crippen molar-refractivity contribution in [2.24, 2.45) is 0 Å². The Morgan fingerprint density at radius 3 is 2.57 bits per heavy atom. The number of pyridine rings is 1. The van der Waals surface area contributed by atoms with Crippen LogP contribution in [0.1, 0.15) is 31.4 Å². The summed E-state index contributed by atoms with van der Waals surface area (Å²) < 4.78 is 5.29. The Morgan fingerprint density at radius 2 is 1.86 bits per heavy atom. The van der Waals surface area contributed by atoms with Gasteiger partial charge < -0.3 is 10.1 Å². The van der Waals surface area contributed by atoms with Crippen molar-refractivity contribution in [3.63, 3.8) is 0 Å². The van der Waals surface area contributed by atoms with Crippen LogP contribution in [0.15, 0.2) is 48.7 Å². The number of hydrogen-bond donors (Lipinski definition) is 1. The largest absolute Gasteiger partial charge is 0.481 e. The molecular weight excluding hydrogens is 260 g/mol. The summed E-state index contributed by atoms with van der Waals surface area (Å²) >= 11 is 0. The first-order chi connectivity index (χ1) is 10.1. The number of aromatic nitrogens is 1. The maximum Gasteiger partial charge on any atom is 0.217 e. The first-order valence-corrected chi connectivity index (χ1v) is 7.37. The SMILES string of the molecule is COc1ncccc1CNC(C)(C)CCc1ccccc1. The quantitative estimate of drug-likeness (QED) is 0.843. The van der Waals surface area contributed by atoms with Crippen molar-refractivity contribution in [3.05, 3.63) is 59.8 Å². The van der Waals surface area contributed by atoms with Crippen LogP contribution in [0.2, 0.25) is 0 Å². The Balaban J connectivity index is 1.89. The van der Waals surface area contributed by atoms with Gasteiger partial charge in [0.2, 0.25) is 5.88 Å². The summed E-state index contributed by atoms with van der Waals surface area (Å²) in [5.41, 5.74) is 2.54. The average Bonchev–Trinajstić information content (AvgIpc) is 2.52. The smallest absolute Gasteiger partial charge is 0.217 e.